The average molecular weight is 365 g/mol. The van der Waals surface area contributed by atoms with E-state index in [1.165, 1.54) is 6.92 Å². The largest absolute Gasteiger partial charge is 0.355 e. The smallest absolute Gasteiger partial charge is 0.321 e. The van der Waals surface area contributed by atoms with Gasteiger partial charge in [0.05, 0.1) is 0 Å². The molecule has 0 radical (unpaired) electrons. The Morgan fingerprint density at radius 1 is 1.16 bits per heavy atom. The number of nitrogens with zero attached hydrogens (tertiary/aromatic N) is 2. The second-order valence-electron chi connectivity index (χ2n) is 6.75. The van der Waals surface area contributed by atoms with Crippen molar-refractivity contribution >= 4 is 35.1 Å². The number of carbonyl (C=O) groups is 3. The molecular weight excluding hydrogens is 344 g/mol. The lowest BCUT2D eigenvalue weighted by molar-refractivity contribution is -0.130. The Morgan fingerprint density at radius 3 is 2.40 bits per heavy atom. The van der Waals surface area contributed by atoms with Crippen LogP contribution < -0.4 is 10.6 Å². The molecule has 2 N–H and O–H groups in total. The summed E-state index contributed by atoms with van der Waals surface area (Å²) < 4.78 is 0. The van der Waals surface area contributed by atoms with E-state index in [1.54, 1.807) is 34.1 Å². The van der Waals surface area contributed by atoms with Crippen LogP contribution in [0.15, 0.2) is 24.3 Å². The molecule has 2 fully saturated rings. The lowest BCUT2D eigenvalue weighted by atomic mass is 9.86. The van der Waals surface area contributed by atoms with Crippen molar-refractivity contribution < 1.29 is 14.4 Å². The number of rotatable bonds is 1. The maximum atomic E-state index is 12.7. The minimum absolute atomic E-state index is 0.0385. The van der Waals surface area contributed by atoms with Crippen LogP contribution in [0.25, 0.3) is 0 Å². The van der Waals surface area contributed by atoms with Crippen LogP contribution in [0.2, 0.25) is 5.02 Å². The van der Waals surface area contributed by atoms with Crippen LogP contribution in [0, 0.1) is 5.41 Å². The summed E-state index contributed by atoms with van der Waals surface area (Å²) >= 11 is 5.86. The molecule has 0 aromatic heterocycles. The first-order valence-electron chi connectivity index (χ1n) is 8.21. The normalized spacial score (nSPS) is 23.4. The third-order valence-corrected chi connectivity index (χ3v) is 4.97. The van der Waals surface area contributed by atoms with E-state index in [-0.39, 0.29) is 17.8 Å². The topological polar surface area (TPSA) is 81.8 Å². The van der Waals surface area contributed by atoms with Crippen LogP contribution in [0.3, 0.4) is 0 Å². The van der Waals surface area contributed by atoms with Gasteiger partial charge in [0.1, 0.15) is 0 Å². The highest BCUT2D eigenvalue weighted by Crippen LogP contribution is 2.31. The van der Waals surface area contributed by atoms with Crippen LogP contribution in [0.1, 0.15) is 13.3 Å². The van der Waals surface area contributed by atoms with E-state index < -0.39 is 5.41 Å². The third-order valence-electron chi connectivity index (χ3n) is 4.72. The van der Waals surface area contributed by atoms with E-state index >= 15 is 0 Å². The summed E-state index contributed by atoms with van der Waals surface area (Å²) in [5.41, 5.74) is 0.216. The molecule has 0 aliphatic carbocycles. The minimum atomic E-state index is -0.434. The fourth-order valence-corrected chi connectivity index (χ4v) is 3.54. The molecule has 0 bridgehead atoms. The van der Waals surface area contributed by atoms with Crippen molar-refractivity contribution in [1.29, 1.82) is 0 Å². The summed E-state index contributed by atoms with van der Waals surface area (Å²) in [4.78, 5) is 39.7. The fourth-order valence-electron chi connectivity index (χ4n) is 3.41. The molecule has 3 rings (SSSR count). The number of carbonyl (C=O) groups excluding carboxylic acids is 3. The van der Waals surface area contributed by atoms with Gasteiger partial charge < -0.3 is 20.4 Å². The van der Waals surface area contributed by atoms with E-state index in [0.717, 1.165) is 0 Å². The molecule has 7 nitrogen and oxygen atoms in total. The Labute approximate surface area is 151 Å². The molecule has 2 heterocycles. The zero-order valence-electron chi connectivity index (χ0n) is 14.0. The number of benzene rings is 1. The van der Waals surface area contributed by atoms with Gasteiger partial charge in [-0.25, -0.2) is 4.79 Å². The van der Waals surface area contributed by atoms with Crippen molar-refractivity contribution in [1.82, 2.24) is 15.1 Å². The molecule has 134 valence electrons. The molecule has 1 aromatic rings. The van der Waals surface area contributed by atoms with Crippen molar-refractivity contribution in [3.63, 3.8) is 0 Å². The summed E-state index contributed by atoms with van der Waals surface area (Å²) in [5, 5.41) is 6.28. The molecule has 2 aliphatic heterocycles. The van der Waals surface area contributed by atoms with Gasteiger partial charge in [0.2, 0.25) is 11.8 Å². The Balaban J connectivity index is 1.76. The molecule has 1 aromatic carbocycles. The van der Waals surface area contributed by atoms with Crippen molar-refractivity contribution in [3.8, 4) is 0 Å². The number of hydrogen-bond donors (Lipinski definition) is 2. The molecule has 2 aliphatic rings. The minimum Gasteiger partial charge on any atom is -0.355 e. The lowest BCUT2D eigenvalue weighted by Gasteiger charge is -2.32. The molecule has 8 heteroatoms. The zero-order chi connectivity index (χ0) is 18.0. The molecule has 4 amide bonds. The number of urea groups is 1. The molecule has 25 heavy (non-hydrogen) atoms. The number of anilines is 1. The van der Waals surface area contributed by atoms with Crippen LogP contribution in [0.4, 0.5) is 10.5 Å². The average Bonchev–Trinajstić information content (AvgIpc) is 2.81. The number of hydrogen-bond acceptors (Lipinski definition) is 3. The highest BCUT2D eigenvalue weighted by atomic mass is 35.5. The molecule has 0 unspecified atom stereocenters. The molecule has 1 spiro atoms. The van der Waals surface area contributed by atoms with Gasteiger partial charge in [0, 0.05) is 62.2 Å². The number of nitrogens with one attached hydrogen (secondary N) is 2. The third kappa shape index (κ3) is 4.04. The van der Waals surface area contributed by atoms with E-state index in [4.69, 9.17) is 11.6 Å². The van der Waals surface area contributed by atoms with E-state index in [0.29, 0.717) is 49.9 Å². The van der Waals surface area contributed by atoms with Gasteiger partial charge in [0.15, 0.2) is 0 Å². The number of halogens is 1. The van der Waals surface area contributed by atoms with Crippen LogP contribution in [0.5, 0.6) is 0 Å². The summed E-state index contributed by atoms with van der Waals surface area (Å²) in [6.07, 6.45) is 0.321. The second kappa shape index (κ2) is 6.92. The SMILES string of the molecule is CC(=O)N1CCN(C(=O)Nc2ccc(Cl)cc2)C[C@@]2(CNC(=O)C2)C1. The summed E-state index contributed by atoms with van der Waals surface area (Å²) in [6.45, 7) is 3.77. The maximum Gasteiger partial charge on any atom is 0.321 e. The van der Waals surface area contributed by atoms with Crippen molar-refractivity contribution in [2.75, 3.05) is 38.0 Å². The van der Waals surface area contributed by atoms with E-state index in [1.807, 2.05) is 0 Å². The van der Waals surface area contributed by atoms with Gasteiger partial charge in [-0.1, -0.05) is 11.6 Å². The summed E-state index contributed by atoms with van der Waals surface area (Å²) in [6, 6.07) is 6.63. The molecule has 2 saturated heterocycles. The first-order valence-corrected chi connectivity index (χ1v) is 8.58. The summed E-state index contributed by atoms with van der Waals surface area (Å²) in [7, 11) is 0. The quantitative estimate of drug-likeness (QED) is 0.793. The highest BCUT2D eigenvalue weighted by Gasteiger charge is 2.44. The van der Waals surface area contributed by atoms with E-state index in [2.05, 4.69) is 10.6 Å². The van der Waals surface area contributed by atoms with Crippen LogP contribution in [-0.4, -0.2) is 60.4 Å². The van der Waals surface area contributed by atoms with Gasteiger partial charge >= 0.3 is 6.03 Å². The maximum absolute atomic E-state index is 12.7. The fraction of sp³-hybridized carbons (Fsp3) is 0.471. The monoisotopic (exact) mass is 364 g/mol. The van der Waals surface area contributed by atoms with Gasteiger partial charge in [0.25, 0.3) is 0 Å². The van der Waals surface area contributed by atoms with Crippen molar-refractivity contribution in [2.24, 2.45) is 5.41 Å². The van der Waals surface area contributed by atoms with Crippen LogP contribution >= 0.6 is 11.6 Å². The Hall–Kier alpha value is -2.28. The standard InChI is InChI=1S/C17H21ClN4O3/c1-12(23)21-6-7-22(11-17(10-21)8-15(24)19-9-17)16(25)20-14-4-2-13(18)3-5-14/h2-5H,6-11H2,1H3,(H,19,24)(H,20,25)/t17-/m0/s1. The van der Waals surface area contributed by atoms with Crippen molar-refractivity contribution in [2.45, 2.75) is 13.3 Å². The lowest BCUT2D eigenvalue weighted by Crippen LogP contribution is -2.45. The Morgan fingerprint density at radius 2 is 1.80 bits per heavy atom. The van der Waals surface area contributed by atoms with Gasteiger partial charge in [-0.15, -0.1) is 0 Å². The first-order chi connectivity index (χ1) is 11.9. The predicted molar refractivity (Wildman–Crippen MR) is 94.4 cm³/mol. The molecule has 1 atom stereocenters. The van der Waals surface area contributed by atoms with Crippen LogP contribution in [-0.2, 0) is 9.59 Å². The van der Waals surface area contributed by atoms with Gasteiger partial charge in [-0.3, -0.25) is 9.59 Å². The van der Waals surface area contributed by atoms with E-state index in [9.17, 15) is 14.4 Å². The van der Waals surface area contributed by atoms with Crippen molar-refractivity contribution in [3.05, 3.63) is 29.3 Å². The number of amides is 4. The molecule has 0 saturated carbocycles. The first kappa shape index (κ1) is 17.5. The van der Waals surface area contributed by atoms with Gasteiger partial charge in [-0.2, -0.15) is 0 Å². The second-order valence-corrected chi connectivity index (χ2v) is 7.19. The zero-order valence-corrected chi connectivity index (χ0v) is 14.8. The molecular formula is C17H21ClN4O3. The Bertz CT molecular complexity index is 694. The predicted octanol–water partition coefficient (Wildman–Crippen LogP) is 1.54. The Kier molecular flexibility index (Phi) is 4.85. The van der Waals surface area contributed by atoms with Gasteiger partial charge in [-0.05, 0) is 24.3 Å². The summed E-state index contributed by atoms with van der Waals surface area (Å²) in [5.74, 6) is -0.0813. The highest BCUT2D eigenvalue weighted by molar-refractivity contribution is 6.30.